The van der Waals surface area contributed by atoms with Crippen LogP contribution < -0.4 is 5.32 Å². The maximum atomic E-state index is 12.7. The van der Waals surface area contributed by atoms with Gasteiger partial charge in [-0.15, -0.1) is 11.3 Å². The summed E-state index contributed by atoms with van der Waals surface area (Å²) < 4.78 is 39.5. The van der Waals surface area contributed by atoms with Crippen molar-refractivity contribution in [2.45, 2.75) is 39.4 Å². The fraction of sp³-hybridized carbons (Fsp3) is 0.500. The molecule has 2 aromatic rings. The Labute approximate surface area is 135 Å². The summed E-state index contributed by atoms with van der Waals surface area (Å²) in [5, 5.41) is 8.12. The Bertz CT molecular complexity index is 720. The summed E-state index contributed by atoms with van der Waals surface area (Å²) in [6.45, 7) is 5.26. The number of alkyl halides is 3. The number of carbonyl (C=O) groups excluding carboxylic acids is 1. The summed E-state index contributed by atoms with van der Waals surface area (Å²) in [6, 6.07) is -0.567. The van der Waals surface area contributed by atoms with Crippen LogP contribution in [0.2, 0.25) is 0 Å². The number of nitrogens with one attached hydrogen (secondary N) is 1. The van der Waals surface area contributed by atoms with Gasteiger partial charge in [0.25, 0.3) is 5.91 Å². The Morgan fingerprint density at radius 1 is 1.43 bits per heavy atom. The minimum Gasteiger partial charge on any atom is -0.343 e. The lowest BCUT2D eigenvalue weighted by Crippen LogP contribution is -2.29. The number of halogens is 3. The highest BCUT2D eigenvalue weighted by Crippen LogP contribution is 2.32. The zero-order chi connectivity index (χ0) is 17.4. The molecule has 0 saturated carbocycles. The van der Waals surface area contributed by atoms with E-state index >= 15 is 0 Å². The molecule has 0 unspecified atom stereocenters. The Kier molecular flexibility index (Phi) is 4.79. The van der Waals surface area contributed by atoms with Gasteiger partial charge in [-0.3, -0.25) is 9.48 Å². The predicted molar refractivity (Wildman–Crippen MR) is 80.3 cm³/mol. The van der Waals surface area contributed by atoms with Crippen LogP contribution in [0, 0.1) is 13.8 Å². The van der Waals surface area contributed by atoms with Gasteiger partial charge < -0.3 is 5.32 Å². The molecule has 0 spiro atoms. The van der Waals surface area contributed by atoms with E-state index in [0.717, 1.165) is 16.7 Å². The van der Waals surface area contributed by atoms with Crippen LogP contribution in [0.4, 0.5) is 13.2 Å². The van der Waals surface area contributed by atoms with Gasteiger partial charge in [-0.2, -0.15) is 18.3 Å². The molecular formula is C14H17F3N4OS. The Morgan fingerprint density at radius 3 is 2.52 bits per heavy atom. The van der Waals surface area contributed by atoms with E-state index in [1.54, 1.807) is 32.5 Å². The zero-order valence-corrected chi connectivity index (χ0v) is 14.0. The van der Waals surface area contributed by atoms with Crippen LogP contribution in [-0.2, 0) is 13.2 Å². The van der Waals surface area contributed by atoms with Crippen molar-refractivity contribution in [3.05, 3.63) is 33.0 Å². The molecule has 1 N–H and O–H groups in total. The third-order valence-electron chi connectivity index (χ3n) is 3.56. The van der Waals surface area contributed by atoms with Gasteiger partial charge in [-0.05, 0) is 20.3 Å². The standard InChI is InChI=1S/C14H17F3N4OS/c1-5-9(13-19-10(6-23-13)14(15,16)17)18-12(22)11-7(2)20-21(4)8(11)3/h6,9H,5H2,1-4H3,(H,18,22)/t9-/m1/s1. The van der Waals surface area contributed by atoms with Gasteiger partial charge in [0.2, 0.25) is 0 Å². The number of nitrogens with zero attached hydrogens (tertiary/aromatic N) is 3. The first-order valence-electron chi connectivity index (χ1n) is 6.98. The summed E-state index contributed by atoms with van der Waals surface area (Å²) in [7, 11) is 1.73. The first-order valence-corrected chi connectivity index (χ1v) is 7.86. The normalized spacial score (nSPS) is 13.2. The molecule has 1 atom stereocenters. The fourth-order valence-electron chi connectivity index (χ4n) is 2.25. The molecule has 1 amide bonds. The lowest BCUT2D eigenvalue weighted by atomic mass is 10.1. The molecule has 2 rings (SSSR count). The van der Waals surface area contributed by atoms with Crippen LogP contribution in [-0.4, -0.2) is 20.7 Å². The second kappa shape index (κ2) is 6.31. The fourth-order valence-corrected chi connectivity index (χ4v) is 3.21. The smallest absolute Gasteiger partial charge is 0.343 e. The van der Waals surface area contributed by atoms with Gasteiger partial charge in [-0.1, -0.05) is 6.92 Å². The number of aryl methyl sites for hydroxylation is 2. The molecule has 9 heteroatoms. The van der Waals surface area contributed by atoms with Crippen molar-refractivity contribution in [2.24, 2.45) is 7.05 Å². The molecule has 2 heterocycles. The van der Waals surface area contributed by atoms with Crippen molar-refractivity contribution in [2.75, 3.05) is 0 Å². The molecule has 0 fully saturated rings. The molecule has 0 aliphatic rings. The summed E-state index contributed by atoms with van der Waals surface area (Å²) in [6.07, 6.45) is -4.04. The largest absolute Gasteiger partial charge is 0.434 e. The molecule has 0 aromatic carbocycles. The average molecular weight is 346 g/mol. The lowest BCUT2D eigenvalue weighted by molar-refractivity contribution is -0.140. The first-order chi connectivity index (χ1) is 10.6. The van der Waals surface area contributed by atoms with Gasteiger partial charge in [0, 0.05) is 18.1 Å². The van der Waals surface area contributed by atoms with E-state index in [0.29, 0.717) is 23.4 Å². The van der Waals surface area contributed by atoms with Crippen molar-refractivity contribution in [1.29, 1.82) is 0 Å². The minimum absolute atomic E-state index is 0.243. The van der Waals surface area contributed by atoms with Gasteiger partial charge in [0.05, 0.1) is 17.3 Å². The second-order valence-electron chi connectivity index (χ2n) is 5.17. The Balaban J connectivity index is 2.22. The van der Waals surface area contributed by atoms with Gasteiger partial charge >= 0.3 is 6.18 Å². The van der Waals surface area contributed by atoms with Crippen molar-refractivity contribution in [1.82, 2.24) is 20.1 Å². The molecule has 2 aromatic heterocycles. The van der Waals surface area contributed by atoms with E-state index in [4.69, 9.17) is 0 Å². The van der Waals surface area contributed by atoms with E-state index in [9.17, 15) is 18.0 Å². The van der Waals surface area contributed by atoms with Crippen molar-refractivity contribution < 1.29 is 18.0 Å². The molecule has 0 aliphatic heterocycles. The number of hydrogen-bond acceptors (Lipinski definition) is 4. The van der Waals surface area contributed by atoms with Gasteiger partial charge in [0.15, 0.2) is 5.69 Å². The molecule has 126 valence electrons. The van der Waals surface area contributed by atoms with Crippen LogP contribution in [0.3, 0.4) is 0 Å². The molecule has 0 aliphatic carbocycles. The second-order valence-corrected chi connectivity index (χ2v) is 6.06. The van der Waals surface area contributed by atoms with Crippen LogP contribution in [0.5, 0.6) is 0 Å². The monoisotopic (exact) mass is 346 g/mol. The number of hydrogen-bond donors (Lipinski definition) is 1. The average Bonchev–Trinajstić information content (AvgIpc) is 3.02. The molecule has 5 nitrogen and oxygen atoms in total. The highest BCUT2D eigenvalue weighted by molar-refractivity contribution is 7.09. The summed E-state index contributed by atoms with van der Waals surface area (Å²) in [5.41, 5.74) is 0.787. The highest BCUT2D eigenvalue weighted by Gasteiger charge is 2.34. The minimum atomic E-state index is -4.48. The molecule has 0 saturated heterocycles. The highest BCUT2D eigenvalue weighted by atomic mass is 32.1. The predicted octanol–water partition coefficient (Wildman–Crippen LogP) is 3.39. The number of aromatic nitrogens is 3. The number of amides is 1. The maximum absolute atomic E-state index is 12.7. The van der Waals surface area contributed by atoms with E-state index < -0.39 is 17.9 Å². The third-order valence-corrected chi connectivity index (χ3v) is 4.52. The van der Waals surface area contributed by atoms with Crippen LogP contribution in [0.1, 0.15) is 51.8 Å². The van der Waals surface area contributed by atoms with E-state index in [2.05, 4.69) is 15.4 Å². The van der Waals surface area contributed by atoms with E-state index in [1.165, 1.54) is 0 Å². The number of rotatable bonds is 4. The maximum Gasteiger partial charge on any atom is 0.434 e. The van der Waals surface area contributed by atoms with Crippen LogP contribution in [0.25, 0.3) is 0 Å². The summed E-state index contributed by atoms with van der Waals surface area (Å²) >= 11 is 0.893. The number of carbonyl (C=O) groups is 1. The van der Waals surface area contributed by atoms with Crippen molar-refractivity contribution >= 4 is 17.2 Å². The van der Waals surface area contributed by atoms with Crippen LogP contribution in [0.15, 0.2) is 5.38 Å². The Morgan fingerprint density at radius 2 is 2.09 bits per heavy atom. The molecule has 0 radical (unpaired) electrons. The molecular weight excluding hydrogens is 329 g/mol. The van der Waals surface area contributed by atoms with Crippen LogP contribution >= 0.6 is 11.3 Å². The van der Waals surface area contributed by atoms with E-state index in [1.807, 2.05) is 0 Å². The third kappa shape index (κ3) is 3.54. The first kappa shape index (κ1) is 17.5. The SMILES string of the molecule is CC[C@@H](NC(=O)c1c(C)nn(C)c1C)c1nc(C(F)(F)F)cs1. The summed E-state index contributed by atoms with van der Waals surface area (Å²) in [5.74, 6) is -0.358. The molecule has 23 heavy (non-hydrogen) atoms. The van der Waals surface area contributed by atoms with E-state index in [-0.39, 0.29) is 10.9 Å². The Hall–Kier alpha value is -1.90. The van der Waals surface area contributed by atoms with Crippen molar-refractivity contribution in [3.63, 3.8) is 0 Å². The summed E-state index contributed by atoms with van der Waals surface area (Å²) in [4.78, 5) is 16.0. The van der Waals surface area contributed by atoms with Crippen molar-refractivity contribution in [3.8, 4) is 0 Å². The topological polar surface area (TPSA) is 59.8 Å². The lowest BCUT2D eigenvalue weighted by Gasteiger charge is -2.14. The van der Waals surface area contributed by atoms with Gasteiger partial charge in [-0.25, -0.2) is 4.98 Å². The number of thiazole rings is 1. The zero-order valence-electron chi connectivity index (χ0n) is 13.2. The molecule has 0 bridgehead atoms. The van der Waals surface area contributed by atoms with Gasteiger partial charge in [0.1, 0.15) is 5.01 Å². The quantitative estimate of drug-likeness (QED) is 0.923.